The van der Waals surface area contributed by atoms with E-state index in [-0.39, 0.29) is 37.2 Å². The fourth-order valence-electron chi connectivity index (χ4n) is 5.81. The van der Waals surface area contributed by atoms with E-state index < -0.39 is 41.0 Å². The molecule has 1 heterocycles. The van der Waals surface area contributed by atoms with E-state index in [0.29, 0.717) is 43.0 Å². The Labute approximate surface area is 267 Å². The van der Waals surface area contributed by atoms with Crippen LogP contribution in [0.25, 0.3) is 11.1 Å². The van der Waals surface area contributed by atoms with Gasteiger partial charge in [0, 0.05) is 25.2 Å². The summed E-state index contributed by atoms with van der Waals surface area (Å²) in [6, 6.07) is 8.82. The lowest BCUT2D eigenvalue weighted by Gasteiger charge is -2.22. The zero-order chi connectivity index (χ0) is 34.3. The highest BCUT2D eigenvalue weighted by molar-refractivity contribution is 5.78. The van der Waals surface area contributed by atoms with Crippen LogP contribution < -0.4 is 11.3 Å². The Kier molecular flexibility index (Phi) is 12.3. The standard InChI is InChI=1S/C35H43F4N3O4/c1-21(10-13-29(34(40)46)42-20-26(15-16-41(4)5)28(19-30(42)43)35(37,38)39)9-11-24-8-6-7-22(2)32(24)27-17-23(3)33(36)25(18-27)12-14-31(44)45/h6-8,17-21,29H,9-16H2,1-5H3,(H2,40,46)(H,44,45). The molecule has 3 N–H and O–H groups in total. The second kappa shape index (κ2) is 15.5. The van der Waals surface area contributed by atoms with Gasteiger partial charge < -0.3 is 20.3 Å². The van der Waals surface area contributed by atoms with Crippen molar-refractivity contribution in [1.82, 2.24) is 9.47 Å². The highest BCUT2D eigenvalue weighted by Crippen LogP contribution is 2.34. The van der Waals surface area contributed by atoms with Gasteiger partial charge in [-0.25, -0.2) is 4.39 Å². The predicted octanol–water partition coefficient (Wildman–Crippen LogP) is 6.49. The molecule has 0 radical (unpaired) electrons. The van der Waals surface area contributed by atoms with E-state index in [1.165, 1.54) is 0 Å². The first-order chi connectivity index (χ1) is 21.5. The number of alkyl halides is 3. The van der Waals surface area contributed by atoms with Crippen molar-refractivity contribution >= 4 is 11.9 Å². The molecular weight excluding hydrogens is 602 g/mol. The van der Waals surface area contributed by atoms with Crippen LogP contribution in [0.3, 0.4) is 0 Å². The molecule has 3 rings (SSSR count). The third kappa shape index (κ3) is 9.51. The average Bonchev–Trinajstić information content (AvgIpc) is 2.95. The highest BCUT2D eigenvalue weighted by Gasteiger charge is 2.35. The third-order valence-corrected chi connectivity index (χ3v) is 8.39. The van der Waals surface area contributed by atoms with E-state index in [1.807, 2.05) is 32.0 Å². The van der Waals surface area contributed by atoms with Crippen LogP contribution >= 0.6 is 0 Å². The summed E-state index contributed by atoms with van der Waals surface area (Å²) < 4.78 is 57.0. The van der Waals surface area contributed by atoms with Gasteiger partial charge in [-0.15, -0.1) is 0 Å². The van der Waals surface area contributed by atoms with Crippen LogP contribution in [0.15, 0.2) is 47.4 Å². The number of nitrogens with two attached hydrogens (primary N) is 1. The van der Waals surface area contributed by atoms with Crippen molar-refractivity contribution in [2.45, 2.75) is 77.9 Å². The first-order valence-corrected chi connectivity index (χ1v) is 15.4. The van der Waals surface area contributed by atoms with Gasteiger partial charge in [-0.3, -0.25) is 14.4 Å². The summed E-state index contributed by atoms with van der Waals surface area (Å²) in [7, 11) is 3.47. The normalized spacial score (nSPS) is 13.2. The minimum absolute atomic E-state index is 0.0392. The van der Waals surface area contributed by atoms with Gasteiger partial charge in [0.1, 0.15) is 11.9 Å². The Bertz CT molecular complexity index is 1610. The second-order valence-corrected chi connectivity index (χ2v) is 12.4. The number of hydrogen-bond donors (Lipinski definition) is 2. The number of pyridine rings is 1. The molecule has 1 amide bonds. The minimum atomic E-state index is -4.71. The van der Waals surface area contributed by atoms with Crippen molar-refractivity contribution in [3.63, 3.8) is 0 Å². The van der Waals surface area contributed by atoms with Gasteiger partial charge in [0.2, 0.25) is 5.91 Å². The SMILES string of the molecule is Cc1cc(-c2c(C)cccc2CCC(C)CCC(C(N)=O)n2cc(CCN(C)C)c(C(F)(F)F)cc2=O)cc(CCC(=O)O)c1F. The van der Waals surface area contributed by atoms with Gasteiger partial charge in [-0.2, -0.15) is 13.2 Å². The van der Waals surface area contributed by atoms with E-state index in [1.54, 1.807) is 38.1 Å². The highest BCUT2D eigenvalue weighted by atomic mass is 19.4. The monoisotopic (exact) mass is 645 g/mol. The molecule has 2 unspecified atom stereocenters. The maximum Gasteiger partial charge on any atom is 0.416 e. The van der Waals surface area contributed by atoms with E-state index in [9.17, 15) is 31.9 Å². The largest absolute Gasteiger partial charge is 0.481 e. The van der Waals surface area contributed by atoms with Crippen molar-refractivity contribution in [2.75, 3.05) is 20.6 Å². The van der Waals surface area contributed by atoms with E-state index >= 15 is 0 Å². The van der Waals surface area contributed by atoms with E-state index in [4.69, 9.17) is 10.8 Å². The topological polar surface area (TPSA) is 106 Å². The molecule has 7 nitrogen and oxygen atoms in total. The van der Waals surface area contributed by atoms with Gasteiger partial charge in [-0.1, -0.05) is 25.1 Å². The molecule has 0 saturated carbocycles. The molecule has 0 aliphatic carbocycles. The van der Waals surface area contributed by atoms with E-state index in [0.717, 1.165) is 33.0 Å². The molecule has 1 aromatic heterocycles. The molecule has 3 aromatic rings. The average molecular weight is 646 g/mol. The van der Waals surface area contributed by atoms with E-state index in [2.05, 4.69) is 0 Å². The smallest absolute Gasteiger partial charge is 0.416 e. The lowest BCUT2D eigenvalue weighted by molar-refractivity contribution is -0.138. The quantitative estimate of drug-likeness (QED) is 0.184. The summed E-state index contributed by atoms with van der Waals surface area (Å²) in [5, 5.41) is 9.10. The number of rotatable bonds is 15. The number of likely N-dealkylation sites (N-methyl/N-ethyl adjacent to an activating group) is 1. The molecule has 250 valence electrons. The minimum Gasteiger partial charge on any atom is -0.481 e. The zero-order valence-corrected chi connectivity index (χ0v) is 27.0. The Balaban J connectivity index is 1.81. The Morgan fingerprint density at radius 1 is 0.957 bits per heavy atom. The second-order valence-electron chi connectivity index (χ2n) is 12.4. The van der Waals surface area contributed by atoms with Gasteiger partial charge in [0.05, 0.1) is 5.56 Å². The summed E-state index contributed by atoms with van der Waals surface area (Å²) in [5.41, 5.74) is 8.21. The first kappa shape index (κ1) is 36.5. The van der Waals surface area contributed by atoms with Crippen molar-refractivity contribution in [3.05, 3.63) is 92.1 Å². The summed E-state index contributed by atoms with van der Waals surface area (Å²) in [4.78, 5) is 38.1. The number of amides is 1. The number of aryl methyl sites for hydroxylation is 4. The number of benzene rings is 2. The fraction of sp³-hybridized carbons (Fsp3) is 0.457. The number of aliphatic carboxylic acids is 1. The van der Waals surface area contributed by atoms with Gasteiger partial charge in [-0.05, 0) is 123 Å². The number of aromatic nitrogens is 1. The number of carboxylic acid groups (broad SMARTS) is 1. The van der Waals surface area contributed by atoms with Crippen LogP contribution in [0.1, 0.15) is 72.0 Å². The number of carboxylic acids is 1. The van der Waals surface area contributed by atoms with Gasteiger partial charge >= 0.3 is 12.1 Å². The van der Waals surface area contributed by atoms with Crippen LogP contribution in [0, 0.1) is 25.6 Å². The summed E-state index contributed by atoms with van der Waals surface area (Å²) >= 11 is 0. The third-order valence-electron chi connectivity index (χ3n) is 8.39. The Morgan fingerprint density at radius 2 is 1.65 bits per heavy atom. The predicted molar refractivity (Wildman–Crippen MR) is 170 cm³/mol. The maximum atomic E-state index is 14.8. The lowest BCUT2D eigenvalue weighted by atomic mass is 9.87. The van der Waals surface area contributed by atoms with Gasteiger partial charge in [0.25, 0.3) is 5.56 Å². The molecule has 11 heteroatoms. The Hall–Kier alpha value is -3.99. The lowest BCUT2D eigenvalue weighted by Crippen LogP contribution is -2.35. The molecule has 0 saturated heterocycles. The molecule has 0 bridgehead atoms. The van der Waals surface area contributed by atoms with Crippen LogP contribution in [0.4, 0.5) is 17.6 Å². The number of halogens is 4. The zero-order valence-electron chi connectivity index (χ0n) is 27.0. The van der Waals surface area contributed by atoms with Gasteiger partial charge in [0.15, 0.2) is 0 Å². The van der Waals surface area contributed by atoms with Crippen LogP contribution in [-0.2, 0) is 35.0 Å². The summed E-state index contributed by atoms with van der Waals surface area (Å²) in [5.74, 6) is -2.14. The van der Waals surface area contributed by atoms with Crippen LogP contribution in [0.5, 0.6) is 0 Å². The van der Waals surface area contributed by atoms with Crippen molar-refractivity contribution in [3.8, 4) is 11.1 Å². The Morgan fingerprint density at radius 3 is 2.26 bits per heavy atom. The number of carbonyl (C=O) groups is 2. The number of primary amides is 1. The molecule has 2 atom stereocenters. The first-order valence-electron chi connectivity index (χ1n) is 15.4. The number of carbonyl (C=O) groups excluding carboxylic acids is 1. The summed E-state index contributed by atoms with van der Waals surface area (Å²) in [6.45, 7) is 5.94. The number of nitrogens with zero attached hydrogens (tertiary/aromatic N) is 2. The van der Waals surface area contributed by atoms with Crippen molar-refractivity contribution < 1.29 is 32.3 Å². The number of hydrogen-bond acceptors (Lipinski definition) is 4. The fourth-order valence-corrected chi connectivity index (χ4v) is 5.81. The molecule has 2 aromatic carbocycles. The molecule has 46 heavy (non-hydrogen) atoms. The molecule has 0 aliphatic rings. The van der Waals surface area contributed by atoms with Crippen molar-refractivity contribution in [2.24, 2.45) is 11.7 Å². The van der Waals surface area contributed by atoms with Crippen molar-refractivity contribution in [1.29, 1.82) is 0 Å². The molecule has 0 aliphatic heterocycles. The molecule has 0 spiro atoms. The summed E-state index contributed by atoms with van der Waals surface area (Å²) in [6.07, 6.45) is -1.63. The maximum absolute atomic E-state index is 14.8. The van der Waals surface area contributed by atoms with Crippen LogP contribution in [-0.4, -0.2) is 47.1 Å². The van der Waals surface area contributed by atoms with Crippen LogP contribution in [0.2, 0.25) is 0 Å². The molecular formula is C35H43F4N3O4. The molecule has 0 fully saturated rings.